The van der Waals surface area contributed by atoms with Crippen molar-refractivity contribution in [2.75, 3.05) is 0 Å². The molecule has 2 aromatic rings. The largest absolute Gasteiger partial charge is 0.507 e. The third kappa shape index (κ3) is 8.24. The van der Waals surface area contributed by atoms with E-state index in [0.717, 1.165) is 60.8 Å². The zero-order chi connectivity index (χ0) is 22.6. The molecule has 0 radical (unpaired) electrons. The molecule has 2 nitrogen and oxygen atoms in total. The second-order valence-electron chi connectivity index (χ2n) is 9.32. The van der Waals surface area contributed by atoms with Gasteiger partial charge in [-0.25, -0.2) is 0 Å². The molecule has 0 saturated carbocycles. The summed E-state index contributed by atoms with van der Waals surface area (Å²) in [5.41, 5.74) is 7.03. The average Bonchev–Trinajstić information content (AvgIpc) is 2.74. The molecule has 31 heavy (non-hydrogen) atoms. The van der Waals surface area contributed by atoms with Gasteiger partial charge >= 0.3 is 0 Å². The summed E-state index contributed by atoms with van der Waals surface area (Å²) < 4.78 is 0. The minimum Gasteiger partial charge on any atom is -0.507 e. The molecule has 0 atom stereocenters. The summed E-state index contributed by atoms with van der Waals surface area (Å²) in [6.45, 7) is 8.36. The summed E-state index contributed by atoms with van der Waals surface area (Å²) in [6, 6.07) is 8.74. The van der Waals surface area contributed by atoms with Gasteiger partial charge in [-0.3, -0.25) is 0 Å². The first-order valence-corrected chi connectivity index (χ1v) is 12.6. The highest BCUT2D eigenvalue weighted by molar-refractivity contribution is 5.44. The van der Waals surface area contributed by atoms with E-state index in [1.165, 1.54) is 56.1 Å². The number of rotatable bonds is 14. The second-order valence-corrected chi connectivity index (χ2v) is 9.32. The van der Waals surface area contributed by atoms with Gasteiger partial charge in [-0.05, 0) is 85.8 Å². The van der Waals surface area contributed by atoms with Crippen molar-refractivity contribution in [2.24, 2.45) is 0 Å². The summed E-state index contributed by atoms with van der Waals surface area (Å²) in [5, 5.41) is 20.4. The monoisotopic (exact) mass is 424 g/mol. The van der Waals surface area contributed by atoms with E-state index in [0.29, 0.717) is 11.5 Å². The molecule has 0 aliphatic heterocycles. The lowest BCUT2D eigenvalue weighted by atomic mass is 9.97. The van der Waals surface area contributed by atoms with Gasteiger partial charge in [-0.1, -0.05) is 83.1 Å². The lowest BCUT2D eigenvalue weighted by Crippen LogP contribution is -1.94. The van der Waals surface area contributed by atoms with Crippen LogP contribution in [0, 0.1) is 13.8 Å². The molecule has 0 aliphatic carbocycles. The highest BCUT2D eigenvalue weighted by atomic mass is 16.3. The predicted molar refractivity (Wildman–Crippen MR) is 133 cm³/mol. The van der Waals surface area contributed by atoms with Crippen LogP contribution in [0.5, 0.6) is 11.5 Å². The van der Waals surface area contributed by atoms with Gasteiger partial charge in [-0.2, -0.15) is 0 Å². The van der Waals surface area contributed by atoms with Crippen molar-refractivity contribution in [3.8, 4) is 11.5 Å². The molecular formula is C29H44O2. The summed E-state index contributed by atoms with van der Waals surface area (Å²) in [4.78, 5) is 0. The average molecular weight is 425 g/mol. The molecule has 0 fully saturated rings. The van der Waals surface area contributed by atoms with Gasteiger partial charge in [0.05, 0.1) is 0 Å². The fourth-order valence-corrected chi connectivity index (χ4v) is 4.62. The van der Waals surface area contributed by atoms with Crippen LogP contribution in [0.1, 0.15) is 105 Å². The van der Waals surface area contributed by atoms with Crippen LogP contribution in [0.2, 0.25) is 0 Å². The highest BCUT2D eigenvalue weighted by Crippen LogP contribution is 2.27. The molecule has 0 saturated heterocycles. The van der Waals surface area contributed by atoms with E-state index in [4.69, 9.17) is 0 Å². The maximum Gasteiger partial charge on any atom is 0.121 e. The van der Waals surface area contributed by atoms with Crippen LogP contribution in [0.3, 0.4) is 0 Å². The Morgan fingerprint density at radius 1 is 0.516 bits per heavy atom. The Kier molecular flexibility index (Phi) is 11.0. The number of phenols is 2. The zero-order valence-corrected chi connectivity index (χ0v) is 20.4. The van der Waals surface area contributed by atoms with E-state index in [1.54, 1.807) is 0 Å². The fourth-order valence-electron chi connectivity index (χ4n) is 4.62. The number of aryl methyl sites for hydroxylation is 6. The van der Waals surface area contributed by atoms with E-state index < -0.39 is 0 Å². The van der Waals surface area contributed by atoms with Gasteiger partial charge in [0.15, 0.2) is 0 Å². The Morgan fingerprint density at radius 2 is 0.871 bits per heavy atom. The molecule has 172 valence electrons. The minimum absolute atomic E-state index is 0.495. The van der Waals surface area contributed by atoms with E-state index in [-0.39, 0.29) is 0 Å². The zero-order valence-electron chi connectivity index (χ0n) is 20.4. The van der Waals surface area contributed by atoms with Gasteiger partial charge in [0.1, 0.15) is 11.5 Å². The van der Waals surface area contributed by atoms with Crippen molar-refractivity contribution in [3.05, 3.63) is 57.6 Å². The third-order valence-electron chi connectivity index (χ3n) is 6.35. The SMILES string of the molecule is CCCc1cc(CCCCCCCCCc2cc(C)c(O)c(CCC)c2)cc(C)c1O. The molecule has 0 aromatic heterocycles. The summed E-state index contributed by atoms with van der Waals surface area (Å²) in [7, 11) is 0. The number of aromatic hydroxyl groups is 2. The predicted octanol–water partition coefficient (Wildman–Crippen LogP) is 8.14. The van der Waals surface area contributed by atoms with Crippen molar-refractivity contribution in [2.45, 2.75) is 111 Å². The molecule has 2 rings (SSSR count). The van der Waals surface area contributed by atoms with E-state index in [1.807, 2.05) is 13.8 Å². The Labute approximate surface area is 190 Å². The highest BCUT2D eigenvalue weighted by Gasteiger charge is 2.08. The van der Waals surface area contributed by atoms with E-state index in [9.17, 15) is 10.2 Å². The lowest BCUT2D eigenvalue weighted by Gasteiger charge is -2.11. The van der Waals surface area contributed by atoms with Crippen molar-refractivity contribution >= 4 is 0 Å². The van der Waals surface area contributed by atoms with Crippen molar-refractivity contribution < 1.29 is 10.2 Å². The van der Waals surface area contributed by atoms with Gasteiger partial charge in [0.25, 0.3) is 0 Å². The molecule has 0 unspecified atom stereocenters. The van der Waals surface area contributed by atoms with Gasteiger partial charge in [-0.15, -0.1) is 0 Å². The molecule has 2 N–H and O–H groups in total. The third-order valence-corrected chi connectivity index (χ3v) is 6.35. The number of benzene rings is 2. The standard InChI is InChI=1S/C29H44O2/c1-5-14-26-20-24(18-22(3)28(26)30)16-12-10-8-7-9-11-13-17-25-19-23(4)29(31)27(21-25)15-6-2/h18-21,30-31H,5-17H2,1-4H3. The minimum atomic E-state index is 0.495. The number of hydrogen-bond donors (Lipinski definition) is 2. The van der Waals surface area contributed by atoms with Gasteiger partial charge < -0.3 is 10.2 Å². The van der Waals surface area contributed by atoms with E-state index in [2.05, 4.69) is 38.1 Å². The Morgan fingerprint density at radius 3 is 1.23 bits per heavy atom. The van der Waals surface area contributed by atoms with Crippen LogP contribution in [-0.4, -0.2) is 10.2 Å². The van der Waals surface area contributed by atoms with Crippen LogP contribution in [0.25, 0.3) is 0 Å². The van der Waals surface area contributed by atoms with Crippen LogP contribution in [0.15, 0.2) is 24.3 Å². The normalized spacial score (nSPS) is 11.2. The molecular weight excluding hydrogens is 380 g/mol. The Hall–Kier alpha value is -1.96. The lowest BCUT2D eigenvalue weighted by molar-refractivity contribution is 0.462. The van der Waals surface area contributed by atoms with Crippen LogP contribution < -0.4 is 0 Å². The summed E-state index contributed by atoms with van der Waals surface area (Å²) >= 11 is 0. The van der Waals surface area contributed by atoms with Crippen molar-refractivity contribution in [1.82, 2.24) is 0 Å². The first-order valence-electron chi connectivity index (χ1n) is 12.6. The molecule has 2 aromatic carbocycles. The van der Waals surface area contributed by atoms with Crippen LogP contribution >= 0.6 is 0 Å². The number of phenolic OH excluding ortho intramolecular Hbond substituents is 2. The summed E-state index contributed by atoms with van der Waals surface area (Å²) in [5.74, 6) is 0.990. The Bertz CT molecular complexity index is 739. The molecule has 0 spiro atoms. The van der Waals surface area contributed by atoms with Crippen molar-refractivity contribution in [1.29, 1.82) is 0 Å². The van der Waals surface area contributed by atoms with Gasteiger partial charge in [0.2, 0.25) is 0 Å². The first-order chi connectivity index (χ1) is 15.0. The molecule has 0 amide bonds. The van der Waals surface area contributed by atoms with E-state index >= 15 is 0 Å². The fraction of sp³-hybridized carbons (Fsp3) is 0.586. The smallest absolute Gasteiger partial charge is 0.121 e. The molecule has 0 bridgehead atoms. The maximum absolute atomic E-state index is 10.2. The summed E-state index contributed by atoms with van der Waals surface area (Å²) in [6.07, 6.45) is 15.3. The quantitative estimate of drug-likeness (QED) is 0.300. The molecule has 0 heterocycles. The number of hydrogen-bond acceptors (Lipinski definition) is 2. The topological polar surface area (TPSA) is 40.5 Å². The van der Waals surface area contributed by atoms with Crippen molar-refractivity contribution in [3.63, 3.8) is 0 Å². The maximum atomic E-state index is 10.2. The Balaban J connectivity index is 1.61. The molecule has 2 heteroatoms. The van der Waals surface area contributed by atoms with Crippen LogP contribution in [-0.2, 0) is 25.7 Å². The van der Waals surface area contributed by atoms with Crippen LogP contribution in [0.4, 0.5) is 0 Å². The second kappa shape index (κ2) is 13.5. The number of unbranched alkanes of at least 4 members (excludes halogenated alkanes) is 6. The van der Waals surface area contributed by atoms with Gasteiger partial charge in [0, 0.05) is 0 Å². The molecule has 0 aliphatic rings. The first kappa shape index (κ1) is 25.3.